The molecule has 0 aromatic heterocycles. The zero-order chi connectivity index (χ0) is 23.8. The van der Waals surface area contributed by atoms with Crippen LogP contribution in [0.15, 0.2) is 23.8 Å². The molecular formula is C25H40O7. The highest BCUT2D eigenvalue weighted by molar-refractivity contribution is 5.72. The van der Waals surface area contributed by atoms with E-state index in [1.165, 1.54) is 7.11 Å². The van der Waals surface area contributed by atoms with E-state index in [0.717, 1.165) is 5.57 Å². The second kappa shape index (κ2) is 12.5. The lowest BCUT2D eigenvalue weighted by Crippen LogP contribution is -2.42. The van der Waals surface area contributed by atoms with E-state index in [9.17, 15) is 24.9 Å². The molecular weight excluding hydrogens is 412 g/mol. The van der Waals surface area contributed by atoms with E-state index in [0.29, 0.717) is 25.7 Å². The van der Waals surface area contributed by atoms with Gasteiger partial charge in [0.2, 0.25) is 0 Å². The Kier molecular flexibility index (Phi) is 10.4. The van der Waals surface area contributed by atoms with Gasteiger partial charge < -0.3 is 24.8 Å². The highest BCUT2D eigenvalue weighted by Crippen LogP contribution is 2.45. The third-order valence-corrected chi connectivity index (χ3v) is 7.00. The van der Waals surface area contributed by atoms with Crippen molar-refractivity contribution in [1.29, 1.82) is 0 Å². The molecule has 2 aliphatic carbocycles. The molecule has 8 atom stereocenters. The smallest absolute Gasteiger partial charge is 0.308 e. The highest BCUT2D eigenvalue weighted by Gasteiger charge is 2.42. The summed E-state index contributed by atoms with van der Waals surface area (Å²) in [4.78, 5) is 23.9. The number of aliphatic hydroxyl groups is 3. The van der Waals surface area contributed by atoms with Gasteiger partial charge in [-0.1, -0.05) is 39.0 Å². The van der Waals surface area contributed by atoms with Crippen molar-refractivity contribution in [2.45, 2.75) is 77.6 Å². The number of rotatable bonds is 11. The topological polar surface area (TPSA) is 113 Å². The number of esters is 2. The Balaban J connectivity index is 2.10. The van der Waals surface area contributed by atoms with Crippen molar-refractivity contribution >= 4 is 11.9 Å². The molecule has 0 heterocycles. The number of aliphatic hydroxyl groups excluding tert-OH is 3. The van der Waals surface area contributed by atoms with Gasteiger partial charge in [0.25, 0.3) is 0 Å². The van der Waals surface area contributed by atoms with Gasteiger partial charge in [-0.2, -0.15) is 0 Å². The molecule has 182 valence electrons. The Morgan fingerprint density at radius 3 is 2.59 bits per heavy atom. The number of methoxy groups -OCH3 is 1. The summed E-state index contributed by atoms with van der Waals surface area (Å²) in [7, 11) is 1.27. The molecule has 0 amide bonds. The minimum absolute atomic E-state index is 0.0120. The molecule has 0 radical (unpaired) electrons. The minimum Gasteiger partial charge on any atom is -0.469 e. The van der Waals surface area contributed by atoms with Gasteiger partial charge in [-0.05, 0) is 49.5 Å². The molecule has 3 N–H and O–H groups in total. The molecule has 7 nitrogen and oxygen atoms in total. The summed E-state index contributed by atoms with van der Waals surface area (Å²) in [5, 5.41) is 30.2. The van der Waals surface area contributed by atoms with Crippen LogP contribution in [-0.4, -0.2) is 59.3 Å². The van der Waals surface area contributed by atoms with Crippen LogP contribution in [-0.2, 0) is 19.1 Å². The van der Waals surface area contributed by atoms with Gasteiger partial charge in [0, 0.05) is 18.4 Å². The van der Waals surface area contributed by atoms with Gasteiger partial charge in [0.1, 0.15) is 6.10 Å². The van der Waals surface area contributed by atoms with E-state index in [1.807, 2.05) is 13.8 Å². The number of allylic oxidation sites excluding steroid dienone is 2. The number of carbonyl (C=O) groups is 2. The van der Waals surface area contributed by atoms with Crippen LogP contribution in [0.2, 0.25) is 0 Å². The quantitative estimate of drug-likeness (QED) is 0.413. The molecule has 2 aliphatic rings. The van der Waals surface area contributed by atoms with Gasteiger partial charge >= 0.3 is 11.9 Å². The maximum absolute atomic E-state index is 12.6. The molecule has 2 rings (SSSR count). The molecule has 0 spiro atoms. The molecule has 0 bridgehead atoms. The maximum atomic E-state index is 12.6. The van der Waals surface area contributed by atoms with Gasteiger partial charge in [-0.3, -0.25) is 9.59 Å². The van der Waals surface area contributed by atoms with Crippen LogP contribution in [0, 0.1) is 29.6 Å². The van der Waals surface area contributed by atoms with Crippen molar-refractivity contribution in [3.05, 3.63) is 23.8 Å². The predicted molar refractivity (Wildman–Crippen MR) is 120 cm³/mol. The number of hydrogen-bond donors (Lipinski definition) is 3. The van der Waals surface area contributed by atoms with E-state index in [-0.39, 0.29) is 61.1 Å². The summed E-state index contributed by atoms with van der Waals surface area (Å²) in [6.45, 7) is 5.96. The first-order valence-electron chi connectivity index (χ1n) is 11.8. The predicted octanol–water partition coefficient (Wildman–Crippen LogP) is 2.78. The first kappa shape index (κ1) is 26.6. The third-order valence-electron chi connectivity index (χ3n) is 7.00. The molecule has 0 aromatic rings. The first-order chi connectivity index (χ1) is 15.2. The van der Waals surface area contributed by atoms with Gasteiger partial charge in [-0.25, -0.2) is 0 Å². The van der Waals surface area contributed by atoms with E-state index in [2.05, 4.69) is 29.9 Å². The largest absolute Gasteiger partial charge is 0.469 e. The Bertz CT molecular complexity index is 686. The Morgan fingerprint density at radius 2 is 1.97 bits per heavy atom. The number of hydrogen-bond acceptors (Lipinski definition) is 7. The summed E-state index contributed by atoms with van der Waals surface area (Å²) in [6.07, 6.45) is 6.74. The monoisotopic (exact) mass is 452 g/mol. The second-order valence-electron chi connectivity index (χ2n) is 9.44. The normalized spacial score (nSPS) is 30.0. The van der Waals surface area contributed by atoms with Gasteiger partial charge in [0.15, 0.2) is 0 Å². The average Bonchev–Trinajstić information content (AvgIpc) is 2.77. The summed E-state index contributed by atoms with van der Waals surface area (Å²) in [6, 6.07) is 0. The van der Waals surface area contributed by atoms with Gasteiger partial charge in [-0.15, -0.1) is 0 Å². The summed E-state index contributed by atoms with van der Waals surface area (Å²) in [5.41, 5.74) is 1.08. The van der Waals surface area contributed by atoms with Crippen molar-refractivity contribution in [3.63, 3.8) is 0 Å². The molecule has 7 heteroatoms. The van der Waals surface area contributed by atoms with Crippen molar-refractivity contribution in [2.75, 3.05) is 13.7 Å². The fourth-order valence-corrected chi connectivity index (χ4v) is 4.83. The minimum atomic E-state index is -0.944. The summed E-state index contributed by atoms with van der Waals surface area (Å²) >= 11 is 0. The molecule has 0 saturated carbocycles. The zero-order valence-electron chi connectivity index (χ0n) is 19.8. The fraction of sp³-hybridized carbons (Fsp3) is 0.760. The number of ether oxygens (including phenoxy) is 2. The van der Waals surface area contributed by atoms with E-state index >= 15 is 0 Å². The molecule has 1 unspecified atom stereocenters. The van der Waals surface area contributed by atoms with Crippen LogP contribution in [0.5, 0.6) is 0 Å². The zero-order valence-corrected chi connectivity index (χ0v) is 19.8. The van der Waals surface area contributed by atoms with E-state index in [4.69, 9.17) is 4.74 Å². The highest BCUT2D eigenvalue weighted by atomic mass is 16.5. The van der Waals surface area contributed by atoms with Crippen LogP contribution < -0.4 is 0 Å². The SMILES string of the molecule is CCC(C)C(=O)O[C@H]1C[C@H](CO)C=C2C=C[C@H](C)[C@H](CC[C@@H](O)C[C@@H](O)CC(=O)OC)[C@H]21. The number of fused-ring (bicyclic) bond motifs is 1. The van der Waals surface area contributed by atoms with Crippen LogP contribution in [0.25, 0.3) is 0 Å². The lowest BCUT2D eigenvalue weighted by molar-refractivity contribution is -0.159. The van der Waals surface area contributed by atoms with Crippen LogP contribution in [0.4, 0.5) is 0 Å². The van der Waals surface area contributed by atoms with Crippen molar-refractivity contribution in [3.8, 4) is 0 Å². The Hall–Kier alpha value is -1.70. The van der Waals surface area contributed by atoms with Gasteiger partial charge in [0.05, 0.1) is 31.7 Å². The first-order valence-corrected chi connectivity index (χ1v) is 11.8. The average molecular weight is 453 g/mol. The van der Waals surface area contributed by atoms with E-state index in [1.54, 1.807) is 0 Å². The lowest BCUT2D eigenvalue weighted by Gasteiger charge is -2.43. The molecule has 0 aromatic carbocycles. The van der Waals surface area contributed by atoms with Crippen LogP contribution in [0.3, 0.4) is 0 Å². The van der Waals surface area contributed by atoms with Crippen LogP contribution in [0.1, 0.15) is 59.3 Å². The van der Waals surface area contributed by atoms with Crippen molar-refractivity contribution < 1.29 is 34.4 Å². The standard InChI is InChI=1S/C25H40O7/c1-5-15(2)25(30)32-22-11-17(14-26)10-18-7-6-16(3)21(24(18)22)9-8-19(27)12-20(28)13-23(29)31-4/h6-7,10,15-17,19-22,24,26-28H,5,8-9,11-14H2,1-4H3/t15?,16-,17+,19+,20+,21-,22-,24-/m0/s1. The van der Waals surface area contributed by atoms with E-state index < -0.39 is 18.2 Å². The molecule has 0 fully saturated rings. The molecule has 32 heavy (non-hydrogen) atoms. The van der Waals surface area contributed by atoms with Crippen molar-refractivity contribution in [2.24, 2.45) is 29.6 Å². The summed E-state index contributed by atoms with van der Waals surface area (Å²) < 4.78 is 10.5. The summed E-state index contributed by atoms with van der Waals surface area (Å²) in [5.74, 6) is -0.524. The Morgan fingerprint density at radius 1 is 1.25 bits per heavy atom. The second-order valence-corrected chi connectivity index (χ2v) is 9.44. The molecule has 0 aliphatic heterocycles. The lowest BCUT2D eigenvalue weighted by atomic mass is 9.65. The number of carbonyl (C=O) groups excluding carboxylic acids is 2. The van der Waals surface area contributed by atoms with Crippen LogP contribution >= 0.6 is 0 Å². The maximum Gasteiger partial charge on any atom is 0.308 e. The van der Waals surface area contributed by atoms with Crippen molar-refractivity contribution in [1.82, 2.24) is 0 Å². The fourth-order valence-electron chi connectivity index (χ4n) is 4.83. The molecule has 0 saturated heterocycles. The Labute approximate surface area is 191 Å². The third kappa shape index (κ3) is 7.15.